The topological polar surface area (TPSA) is 88.4 Å². The second kappa shape index (κ2) is 8.71. The molecule has 27 heavy (non-hydrogen) atoms. The van der Waals surface area contributed by atoms with Crippen LogP contribution >= 0.6 is 0 Å². The lowest BCUT2D eigenvalue weighted by Gasteiger charge is -2.17. The molecule has 1 saturated carbocycles. The highest BCUT2D eigenvalue weighted by atomic mass is 32.2. The summed E-state index contributed by atoms with van der Waals surface area (Å²) in [6.07, 6.45) is 8.11. The molecule has 1 heterocycles. The van der Waals surface area contributed by atoms with Crippen LogP contribution in [-0.4, -0.2) is 20.4 Å². The zero-order valence-electron chi connectivity index (χ0n) is 15.5. The van der Waals surface area contributed by atoms with Crippen molar-refractivity contribution in [1.82, 2.24) is 10.0 Å². The molecule has 0 bridgehead atoms. The van der Waals surface area contributed by atoms with Crippen LogP contribution in [0.2, 0.25) is 0 Å². The Morgan fingerprint density at radius 1 is 1.15 bits per heavy atom. The first-order chi connectivity index (χ1) is 13.0. The third-order valence-electron chi connectivity index (χ3n) is 4.97. The largest absolute Gasteiger partial charge is 0.468 e. The lowest BCUT2D eigenvalue weighted by molar-refractivity contribution is 0.0932. The minimum absolute atomic E-state index is 0.0623. The van der Waals surface area contributed by atoms with Crippen LogP contribution in [0.1, 0.15) is 60.2 Å². The van der Waals surface area contributed by atoms with E-state index >= 15 is 0 Å². The quantitative estimate of drug-likeness (QED) is 0.739. The van der Waals surface area contributed by atoms with Crippen LogP contribution in [0.25, 0.3) is 0 Å². The van der Waals surface area contributed by atoms with Gasteiger partial charge in [0.05, 0.1) is 17.7 Å². The maximum absolute atomic E-state index is 12.7. The standard InChI is InChI=1S/C20H26N2O4S/c1-15-10-11-18(27(24,25)21-14-17-9-6-12-26-17)13-19(15)20(23)22-16-7-4-2-3-5-8-16/h6,9-13,16,21H,2-5,7-8,14H2,1H3,(H,22,23). The predicted octanol–water partition coefficient (Wildman–Crippen LogP) is 3.52. The van der Waals surface area contributed by atoms with E-state index < -0.39 is 10.0 Å². The molecular formula is C20H26N2O4S. The summed E-state index contributed by atoms with van der Waals surface area (Å²) in [5, 5.41) is 3.08. The van der Waals surface area contributed by atoms with E-state index in [1.807, 2.05) is 6.92 Å². The molecular weight excluding hydrogens is 364 g/mol. The monoisotopic (exact) mass is 390 g/mol. The molecule has 1 aromatic heterocycles. The van der Waals surface area contributed by atoms with Gasteiger partial charge in [-0.25, -0.2) is 13.1 Å². The summed E-state index contributed by atoms with van der Waals surface area (Å²) >= 11 is 0. The number of furan rings is 1. The van der Waals surface area contributed by atoms with Gasteiger partial charge in [-0.15, -0.1) is 0 Å². The van der Waals surface area contributed by atoms with E-state index in [9.17, 15) is 13.2 Å². The molecule has 2 N–H and O–H groups in total. The summed E-state index contributed by atoms with van der Waals surface area (Å²) in [4.78, 5) is 12.8. The summed E-state index contributed by atoms with van der Waals surface area (Å²) in [6.45, 7) is 1.88. The SMILES string of the molecule is Cc1ccc(S(=O)(=O)NCc2ccco2)cc1C(=O)NC1CCCCCC1. The highest BCUT2D eigenvalue weighted by Crippen LogP contribution is 2.20. The van der Waals surface area contributed by atoms with Crippen LogP contribution in [-0.2, 0) is 16.6 Å². The Kier molecular flexibility index (Phi) is 6.34. The lowest BCUT2D eigenvalue weighted by Crippen LogP contribution is -2.35. The minimum Gasteiger partial charge on any atom is -0.468 e. The van der Waals surface area contributed by atoms with E-state index in [0.29, 0.717) is 11.3 Å². The Morgan fingerprint density at radius 2 is 1.89 bits per heavy atom. The van der Waals surface area contributed by atoms with Crippen molar-refractivity contribution < 1.29 is 17.6 Å². The fourth-order valence-electron chi connectivity index (χ4n) is 3.36. The summed E-state index contributed by atoms with van der Waals surface area (Å²) in [5.41, 5.74) is 1.16. The fraction of sp³-hybridized carbons (Fsp3) is 0.450. The first-order valence-corrected chi connectivity index (χ1v) is 10.9. The Labute approximate surface area is 160 Å². The van der Waals surface area contributed by atoms with Gasteiger partial charge in [0, 0.05) is 11.6 Å². The first-order valence-electron chi connectivity index (χ1n) is 9.39. The lowest BCUT2D eigenvalue weighted by atomic mass is 10.1. The van der Waals surface area contributed by atoms with Crippen LogP contribution in [0, 0.1) is 6.92 Å². The van der Waals surface area contributed by atoms with Crippen LogP contribution in [0.15, 0.2) is 45.9 Å². The summed E-state index contributed by atoms with van der Waals surface area (Å²) in [5.74, 6) is 0.319. The molecule has 1 fully saturated rings. The van der Waals surface area contributed by atoms with Crippen molar-refractivity contribution in [2.45, 2.75) is 62.9 Å². The van der Waals surface area contributed by atoms with E-state index in [1.54, 1.807) is 18.2 Å². The van der Waals surface area contributed by atoms with Crippen LogP contribution in [0.3, 0.4) is 0 Å². The summed E-state index contributed by atoms with van der Waals surface area (Å²) in [7, 11) is -3.74. The van der Waals surface area contributed by atoms with Gasteiger partial charge < -0.3 is 9.73 Å². The number of hydrogen-bond acceptors (Lipinski definition) is 4. The van der Waals surface area contributed by atoms with E-state index in [4.69, 9.17) is 4.42 Å². The summed E-state index contributed by atoms with van der Waals surface area (Å²) in [6, 6.07) is 8.20. The van der Waals surface area contributed by atoms with Gasteiger partial charge in [0.25, 0.3) is 5.91 Å². The molecule has 0 aliphatic heterocycles. The van der Waals surface area contributed by atoms with Gasteiger partial charge in [0.2, 0.25) is 10.0 Å². The molecule has 3 rings (SSSR count). The van der Waals surface area contributed by atoms with Crippen LogP contribution in [0.4, 0.5) is 0 Å². The molecule has 0 saturated heterocycles. The molecule has 1 aromatic carbocycles. The molecule has 1 aliphatic rings. The number of carbonyl (C=O) groups excluding carboxylic acids is 1. The number of benzene rings is 1. The van der Waals surface area contributed by atoms with E-state index in [-0.39, 0.29) is 23.4 Å². The Morgan fingerprint density at radius 3 is 2.56 bits per heavy atom. The molecule has 6 nitrogen and oxygen atoms in total. The molecule has 146 valence electrons. The Bertz CT molecular complexity index is 867. The van der Waals surface area contributed by atoms with Gasteiger partial charge >= 0.3 is 0 Å². The number of rotatable bonds is 6. The highest BCUT2D eigenvalue weighted by Gasteiger charge is 2.20. The van der Waals surface area contributed by atoms with Gasteiger partial charge in [-0.2, -0.15) is 0 Å². The second-order valence-electron chi connectivity index (χ2n) is 7.04. The first kappa shape index (κ1) is 19.6. The second-order valence-corrected chi connectivity index (χ2v) is 8.81. The van der Waals surface area contributed by atoms with Gasteiger partial charge in [0.1, 0.15) is 5.76 Å². The zero-order chi connectivity index (χ0) is 19.3. The van der Waals surface area contributed by atoms with Crippen molar-refractivity contribution >= 4 is 15.9 Å². The average molecular weight is 391 g/mol. The number of aryl methyl sites for hydroxylation is 1. The molecule has 0 spiro atoms. The molecule has 0 unspecified atom stereocenters. The van der Waals surface area contributed by atoms with Crippen LogP contribution < -0.4 is 10.0 Å². The van der Waals surface area contributed by atoms with Crippen molar-refractivity contribution in [3.8, 4) is 0 Å². The van der Waals surface area contributed by atoms with Gasteiger partial charge in [-0.3, -0.25) is 4.79 Å². The van der Waals surface area contributed by atoms with Crippen molar-refractivity contribution in [2.75, 3.05) is 0 Å². The van der Waals surface area contributed by atoms with E-state index in [1.165, 1.54) is 31.2 Å². The molecule has 0 radical (unpaired) electrons. The molecule has 2 aromatic rings. The van der Waals surface area contributed by atoms with Gasteiger partial charge in [0.15, 0.2) is 0 Å². The molecule has 7 heteroatoms. The molecule has 1 amide bonds. The van der Waals surface area contributed by atoms with Crippen LogP contribution in [0.5, 0.6) is 0 Å². The smallest absolute Gasteiger partial charge is 0.251 e. The fourth-order valence-corrected chi connectivity index (χ4v) is 4.38. The molecule has 1 aliphatic carbocycles. The normalized spacial score (nSPS) is 16.0. The minimum atomic E-state index is -3.74. The van der Waals surface area contributed by atoms with E-state index in [2.05, 4.69) is 10.0 Å². The van der Waals surface area contributed by atoms with Gasteiger partial charge in [-0.05, 0) is 49.6 Å². The number of amides is 1. The number of hydrogen-bond donors (Lipinski definition) is 2. The zero-order valence-corrected chi connectivity index (χ0v) is 16.3. The third kappa shape index (κ3) is 5.20. The van der Waals surface area contributed by atoms with Crippen molar-refractivity contribution in [3.05, 3.63) is 53.5 Å². The predicted molar refractivity (Wildman–Crippen MR) is 103 cm³/mol. The summed E-state index contributed by atoms with van der Waals surface area (Å²) < 4.78 is 32.8. The Balaban J connectivity index is 1.73. The maximum Gasteiger partial charge on any atom is 0.251 e. The van der Waals surface area contributed by atoms with Crippen molar-refractivity contribution in [2.24, 2.45) is 0 Å². The number of nitrogens with one attached hydrogen (secondary N) is 2. The number of carbonyl (C=O) groups is 1. The molecule has 0 atom stereocenters. The van der Waals surface area contributed by atoms with Crippen molar-refractivity contribution in [1.29, 1.82) is 0 Å². The van der Waals surface area contributed by atoms with Crippen molar-refractivity contribution in [3.63, 3.8) is 0 Å². The maximum atomic E-state index is 12.7. The Hall–Kier alpha value is -2.12. The average Bonchev–Trinajstić information content (AvgIpc) is 3.04. The van der Waals surface area contributed by atoms with Gasteiger partial charge in [-0.1, -0.05) is 31.7 Å². The number of sulfonamides is 1. The highest BCUT2D eigenvalue weighted by molar-refractivity contribution is 7.89. The third-order valence-corrected chi connectivity index (χ3v) is 6.37. The van der Waals surface area contributed by atoms with E-state index in [0.717, 1.165) is 31.2 Å².